The van der Waals surface area contributed by atoms with Crippen molar-refractivity contribution in [2.45, 2.75) is 37.7 Å². The number of hydrazine groups is 2. The van der Waals surface area contributed by atoms with Crippen LogP contribution in [0, 0.1) is 11.8 Å². The molecule has 0 amide bonds. The third kappa shape index (κ3) is 1.95. The zero-order chi connectivity index (χ0) is 14.6. The Morgan fingerprint density at radius 3 is 2.86 bits per heavy atom. The van der Waals surface area contributed by atoms with Gasteiger partial charge in [-0.15, -0.1) is 10.7 Å². The van der Waals surface area contributed by atoms with E-state index in [1.54, 1.807) is 0 Å². The maximum absolute atomic E-state index is 6.02. The number of hydrogen-bond donors (Lipinski definition) is 2. The van der Waals surface area contributed by atoms with Crippen LogP contribution in [0.25, 0.3) is 11.1 Å². The van der Waals surface area contributed by atoms with E-state index in [9.17, 15) is 0 Å². The fourth-order valence-corrected chi connectivity index (χ4v) is 4.44. The minimum atomic E-state index is -0.0415. The van der Waals surface area contributed by atoms with Crippen molar-refractivity contribution in [3.63, 3.8) is 0 Å². The maximum Gasteiger partial charge on any atom is 0.311 e. The van der Waals surface area contributed by atoms with E-state index in [0.29, 0.717) is 11.9 Å². The summed E-state index contributed by atoms with van der Waals surface area (Å²) in [6.45, 7) is 0.826. The summed E-state index contributed by atoms with van der Waals surface area (Å²) in [5.74, 6) is 1.50. The summed E-state index contributed by atoms with van der Waals surface area (Å²) in [4.78, 5) is 10.5. The molecule has 2 bridgehead atoms. The number of benzene rings is 1. The highest BCUT2D eigenvalue weighted by Gasteiger charge is 2.53. The van der Waals surface area contributed by atoms with E-state index in [1.807, 2.05) is 29.4 Å². The number of nitrogens with one attached hydrogen (secondary N) is 2. The van der Waals surface area contributed by atoms with Crippen LogP contribution in [-0.2, 0) is 4.84 Å². The molecule has 4 fully saturated rings. The van der Waals surface area contributed by atoms with Gasteiger partial charge in [-0.25, -0.2) is 0 Å². The van der Waals surface area contributed by atoms with Gasteiger partial charge in [0, 0.05) is 0 Å². The van der Waals surface area contributed by atoms with Gasteiger partial charge in [0.25, 0.3) is 0 Å². The first-order valence-corrected chi connectivity index (χ1v) is 8.14. The number of anilines is 1. The smallest absolute Gasteiger partial charge is 0.311 e. The highest BCUT2D eigenvalue weighted by Crippen LogP contribution is 2.50. The third-order valence-corrected chi connectivity index (χ3v) is 5.53. The Morgan fingerprint density at radius 2 is 2.09 bits per heavy atom. The SMILES string of the molecule is c1ccc2oc(NN3C[C@]4(CC5CCC4CC5)ON3)nc2c1. The molecule has 2 aromatic rings. The molecule has 2 N–H and O–H groups in total. The first-order valence-electron chi connectivity index (χ1n) is 8.14. The zero-order valence-electron chi connectivity index (χ0n) is 12.4. The molecule has 3 saturated carbocycles. The van der Waals surface area contributed by atoms with Crippen LogP contribution >= 0.6 is 0 Å². The van der Waals surface area contributed by atoms with E-state index in [1.165, 1.54) is 25.7 Å². The van der Waals surface area contributed by atoms with Gasteiger partial charge in [-0.3, -0.25) is 10.3 Å². The molecule has 1 aliphatic heterocycles. The molecule has 1 aromatic carbocycles. The molecule has 0 unspecified atom stereocenters. The number of oxazole rings is 1. The third-order valence-electron chi connectivity index (χ3n) is 5.53. The molecule has 1 aromatic heterocycles. The Morgan fingerprint density at radius 1 is 1.23 bits per heavy atom. The van der Waals surface area contributed by atoms with E-state index in [-0.39, 0.29) is 5.60 Å². The van der Waals surface area contributed by atoms with Crippen LogP contribution in [-0.4, -0.2) is 22.2 Å². The fraction of sp³-hybridized carbons (Fsp3) is 0.562. The molecule has 6 rings (SSSR count). The average molecular weight is 300 g/mol. The van der Waals surface area contributed by atoms with Gasteiger partial charge in [-0.05, 0) is 56.1 Å². The van der Waals surface area contributed by atoms with Gasteiger partial charge < -0.3 is 4.42 Å². The van der Waals surface area contributed by atoms with Crippen molar-refractivity contribution in [2.75, 3.05) is 12.0 Å². The first kappa shape index (κ1) is 12.9. The predicted octanol–water partition coefficient (Wildman–Crippen LogP) is 2.86. The molecular formula is C16H20N4O2. The van der Waals surface area contributed by atoms with Crippen LogP contribution in [0.2, 0.25) is 0 Å². The second-order valence-electron chi connectivity index (χ2n) is 6.86. The number of rotatable bonds is 2. The molecule has 1 atom stereocenters. The monoisotopic (exact) mass is 300 g/mol. The molecule has 6 nitrogen and oxygen atoms in total. The van der Waals surface area contributed by atoms with Crippen LogP contribution in [0.1, 0.15) is 32.1 Å². The van der Waals surface area contributed by atoms with Crippen LogP contribution in [0.4, 0.5) is 6.01 Å². The van der Waals surface area contributed by atoms with Crippen LogP contribution in [0.3, 0.4) is 0 Å². The molecular weight excluding hydrogens is 280 g/mol. The van der Waals surface area contributed by atoms with Crippen molar-refractivity contribution in [2.24, 2.45) is 11.8 Å². The van der Waals surface area contributed by atoms with E-state index in [0.717, 1.165) is 30.0 Å². The van der Waals surface area contributed by atoms with Crippen molar-refractivity contribution in [1.29, 1.82) is 0 Å². The normalized spacial score (nSPS) is 34.7. The topological polar surface area (TPSA) is 62.6 Å². The molecule has 3 aliphatic carbocycles. The second kappa shape index (κ2) is 4.68. The van der Waals surface area contributed by atoms with Gasteiger partial charge in [0.2, 0.25) is 0 Å². The minimum Gasteiger partial charge on any atom is -0.423 e. The highest BCUT2D eigenvalue weighted by molar-refractivity contribution is 5.73. The number of hydrogen-bond acceptors (Lipinski definition) is 6. The van der Waals surface area contributed by atoms with E-state index in [2.05, 4.69) is 16.0 Å². The van der Waals surface area contributed by atoms with Crippen molar-refractivity contribution in [3.8, 4) is 0 Å². The first-order chi connectivity index (χ1) is 10.8. The Hall–Kier alpha value is -1.63. The van der Waals surface area contributed by atoms with Crippen molar-refractivity contribution < 1.29 is 9.25 Å². The van der Waals surface area contributed by atoms with E-state index < -0.39 is 0 Å². The zero-order valence-corrected chi connectivity index (χ0v) is 12.4. The van der Waals surface area contributed by atoms with E-state index in [4.69, 9.17) is 9.25 Å². The Bertz CT molecular complexity index is 661. The lowest BCUT2D eigenvalue weighted by atomic mass is 9.62. The number of aromatic nitrogens is 1. The minimum absolute atomic E-state index is 0.0415. The number of para-hydroxylation sites is 2. The lowest BCUT2D eigenvalue weighted by Gasteiger charge is -2.47. The molecule has 0 radical (unpaired) electrons. The molecule has 2 heterocycles. The summed E-state index contributed by atoms with van der Waals surface area (Å²) in [5.41, 5.74) is 7.80. The quantitative estimate of drug-likeness (QED) is 0.889. The van der Waals surface area contributed by atoms with Crippen LogP contribution in [0.5, 0.6) is 0 Å². The Kier molecular flexibility index (Phi) is 2.74. The Balaban J connectivity index is 1.33. The van der Waals surface area contributed by atoms with Crippen LogP contribution in [0.15, 0.2) is 28.7 Å². The summed E-state index contributed by atoms with van der Waals surface area (Å²) in [7, 11) is 0. The summed E-state index contributed by atoms with van der Waals surface area (Å²) in [6.07, 6.45) is 6.49. The van der Waals surface area contributed by atoms with Crippen molar-refractivity contribution in [1.82, 2.24) is 15.7 Å². The summed E-state index contributed by atoms with van der Waals surface area (Å²) >= 11 is 0. The largest absolute Gasteiger partial charge is 0.423 e. The fourth-order valence-electron chi connectivity index (χ4n) is 4.44. The lowest BCUT2D eigenvalue weighted by Crippen LogP contribution is -2.50. The van der Waals surface area contributed by atoms with Crippen LogP contribution < -0.4 is 11.0 Å². The van der Waals surface area contributed by atoms with Gasteiger partial charge in [-0.1, -0.05) is 12.1 Å². The molecule has 1 saturated heterocycles. The van der Waals surface area contributed by atoms with Gasteiger partial charge in [0.05, 0.1) is 6.54 Å². The maximum atomic E-state index is 6.02. The standard InChI is InChI=1S/C16H20N4O2/c1-2-4-14-13(3-1)17-15(21-14)18-20-10-16(22-19-20)9-11-5-7-12(16)8-6-11/h1-4,11-12,19H,5-10H2,(H,17,18)/t11?,12?,16-/m0/s1. The summed E-state index contributed by atoms with van der Waals surface area (Å²) < 4.78 is 5.71. The molecule has 22 heavy (non-hydrogen) atoms. The summed E-state index contributed by atoms with van der Waals surface area (Å²) in [6, 6.07) is 8.26. The van der Waals surface area contributed by atoms with Gasteiger partial charge in [0.1, 0.15) is 11.1 Å². The van der Waals surface area contributed by atoms with Crippen molar-refractivity contribution >= 4 is 17.1 Å². The molecule has 6 heteroatoms. The van der Waals surface area contributed by atoms with Gasteiger partial charge in [0.15, 0.2) is 5.58 Å². The molecule has 1 spiro atoms. The summed E-state index contributed by atoms with van der Waals surface area (Å²) in [5, 5.41) is 1.87. The molecule has 116 valence electrons. The van der Waals surface area contributed by atoms with Gasteiger partial charge in [-0.2, -0.15) is 4.98 Å². The second-order valence-corrected chi connectivity index (χ2v) is 6.86. The Labute approximate surface area is 128 Å². The number of fused-ring (bicyclic) bond motifs is 3. The van der Waals surface area contributed by atoms with Gasteiger partial charge >= 0.3 is 6.01 Å². The molecule has 4 aliphatic rings. The number of nitrogens with zero attached hydrogens (tertiary/aromatic N) is 2. The average Bonchev–Trinajstić information content (AvgIpc) is 3.12. The van der Waals surface area contributed by atoms with Crippen molar-refractivity contribution in [3.05, 3.63) is 24.3 Å². The van der Waals surface area contributed by atoms with E-state index >= 15 is 0 Å². The lowest BCUT2D eigenvalue weighted by molar-refractivity contribution is -0.146. The highest BCUT2D eigenvalue weighted by atomic mass is 16.7. The predicted molar refractivity (Wildman–Crippen MR) is 81.4 cm³/mol.